The molecule has 0 saturated heterocycles. The fraction of sp³-hybridized carbons (Fsp3) is 0.154. The van der Waals surface area contributed by atoms with Gasteiger partial charge in [-0.05, 0) is 35.9 Å². The maximum atomic E-state index is 13.7. The van der Waals surface area contributed by atoms with Crippen LogP contribution in [-0.4, -0.2) is 28.3 Å². The maximum absolute atomic E-state index is 13.7. The highest BCUT2D eigenvalue weighted by Gasteiger charge is 2.43. The zero-order valence-corrected chi connectivity index (χ0v) is 18.8. The molecule has 5 rings (SSSR count). The summed E-state index contributed by atoms with van der Waals surface area (Å²) >= 11 is 6.18. The van der Waals surface area contributed by atoms with Crippen LogP contribution in [0.25, 0.3) is 10.9 Å². The molecule has 7 heteroatoms. The van der Waals surface area contributed by atoms with E-state index in [1.54, 1.807) is 24.1 Å². The van der Waals surface area contributed by atoms with Crippen LogP contribution in [0.15, 0.2) is 72.9 Å². The van der Waals surface area contributed by atoms with Gasteiger partial charge in [-0.1, -0.05) is 48.0 Å². The van der Waals surface area contributed by atoms with E-state index >= 15 is 0 Å². The molecule has 1 aliphatic heterocycles. The molecule has 166 valence electrons. The van der Waals surface area contributed by atoms with E-state index in [0.29, 0.717) is 16.8 Å². The van der Waals surface area contributed by atoms with E-state index in [1.165, 1.54) is 12.1 Å². The molecule has 1 aliphatic rings. The minimum Gasteiger partial charge on any atom is -0.350 e. The number of rotatable bonds is 3. The third-order valence-electron chi connectivity index (χ3n) is 6.30. The molecule has 2 amide bonds. The molecule has 5 nitrogen and oxygen atoms in total. The highest BCUT2D eigenvalue weighted by Crippen LogP contribution is 2.45. The number of carbonyl (C=O) groups excluding carboxylic acids is 2. The van der Waals surface area contributed by atoms with Crippen molar-refractivity contribution in [2.75, 3.05) is 12.4 Å². The lowest BCUT2D eigenvalue weighted by Gasteiger charge is -2.39. The first-order valence-electron chi connectivity index (χ1n) is 10.5. The zero-order chi connectivity index (χ0) is 23.3. The predicted octanol–water partition coefficient (Wildman–Crippen LogP) is 5.52. The van der Waals surface area contributed by atoms with Gasteiger partial charge in [0.1, 0.15) is 5.82 Å². The van der Waals surface area contributed by atoms with Crippen LogP contribution in [0.4, 0.5) is 10.1 Å². The standard InChI is InChI=1S/C26H21ClFN3O2/c1-30-14-19(16-7-5-6-10-22(16)30)24-23(17-8-3-4-9-18(17)26(33)31(24)2)25(32)29-21-12-11-15(28)13-20(21)27/h3-14,23-24H,1-2H3,(H,29,32). The Morgan fingerprint density at radius 1 is 1.00 bits per heavy atom. The smallest absolute Gasteiger partial charge is 0.254 e. The molecule has 0 saturated carbocycles. The summed E-state index contributed by atoms with van der Waals surface area (Å²) in [5.41, 5.74) is 3.34. The Bertz CT molecular complexity index is 1410. The molecule has 0 bridgehead atoms. The van der Waals surface area contributed by atoms with Crippen molar-refractivity contribution in [2.24, 2.45) is 7.05 Å². The molecule has 33 heavy (non-hydrogen) atoms. The second kappa shape index (κ2) is 8.05. The number of likely N-dealkylation sites (N-methyl/N-ethyl adjacent to an activating group) is 1. The topological polar surface area (TPSA) is 54.3 Å². The van der Waals surface area contributed by atoms with Crippen LogP contribution in [0.2, 0.25) is 5.02 Å². The number of aryl methyl sites for hydroxylation is 1. The average Bonchev–Trinajstić information content (AvgIpc) is 3.14. The SMILES string of the molecule is CN1C(=O)c2ccccc2C(C(=O)Nc2ccc(F)cc2Cl)C1c1cn(C)c2ccccc12. The number of amides is 2. The molecular weight excluding hydrogens is 441 g/mol. The van der Waals surface area contributed by atoms with Gasteiger partial charge < -0.3 is 14.8 Å². The molecular formula is C26H21ClFN3O2. The number of aromatic nitrogens is 1. The van der Waals surface area contributed by atoms with Gasteiger partial charge in [0.25, 0.3) is 5.91 Å². The van der Waals surface area contributed by atoms with Gasteiger partial charge in [0.15, 0.2) is 0 Å². The van der Waals surface area contributed by atoms with E-state index in [4.69, 9.17) is 11.6 Å². The van der Waals surface area contributed by atoms with Gasteiger partial charge >= 0.3 is 0 Å². The molecule has 0 fully saturated rings. The Morgan fingerprint density at radius 3 is 2.52 bits per heavy atom. The third-order valence-corrected chi connectivity index (χ3v) is 6.61. The largest absolute Gasteiger partial charge is 0.350 e. The fourth-order valence-electron chi connectivity index (χ4n) is 4.76. The second-order valence-corrected chi connectivity index (χ2v) is 8.66. The Morgan fingerprint density at radius 2 is 1.73 bits per heavy atom. The van der Waals surface area contributed by atoms with Crippen molar-refractivity contribution < 1.29 is 14.0 Å². The van der Waals surface area contributed by atoms with Crippen molar-refractivity contribution >= 4 is 40.0 Å². The number of fused-ring (bicyclic) bond motifs is 2. The minimum atomic E-state index is -0.698. The van der Waals surface area contributed by atoms with Gasteiger partial charge in [-0.2, -0.15) is 0 Å². The summed E-state index contributed by atoms with van der Waals surface area (Å²) in [5, 5.41) is 3.94. The summed E-state index contributed by atoms with van der Waals surface area (Å²) in [4.78, 5) is 28.6. The molecule has 2 heterocycles. The van der Waals surface area contributed by atoms with E-state index in [0.717, 1.165) is 22.5 Å². The van der Waals surface area contributed by atoms with Crippen LogP contribution in [0.1, 0.15) is 33.4 Å². The van der Waals surface area contributed by atoms with Gasteiger partial charge in [0.2, 0.25) is 5.91 Å². The number of hydrogen-bond acceptors (Lipinski definition) is 2. The van der Waals surface area contributed by atoms with Gasteiger partial charge in [-0.25, -0.2) is 4.39 Å². The van der Waals surface area contributed by atoms with Gasteiger partial charge in [0, 0.05) is 42.3 Å². The Hall–Kier alpha value is -3.64. The first-order chi connectivity index (χ1) is 15.9. The zero-order valence-electron chi connectivity index (χ0n) is 18.0. The molecule has 1 N–H and O–H groups in total. The van der Waals surface area contributed by atoms with Crippen molar-refractivity contribution in [3.8, 4) is 0 Å². The summed E-state index contributed by atoms with van der Waals surface area (Å²) in [6.07, 6.45) is 1.97. The van der Waals surface area contributed by atoms with Crippen molar-refractivity contribution in [3.63, 3.8) is 0 Å². The molecule has 1 aromatic heterocycles. The lowest BCUT2D eigenvalue weighted by molar-refractivity contribution is -0.119. The molecule has 2 unspecified atom stereocenters. The average molecular weight is 462 g/mol. The highest BCUT2D eigenvalue weighted by atomic mass is 35.5. The van der Waals surface area contributed by atoms with Crippen molar-refractivity contribution in [1.82, 2.24) is 9.47 Å². The summed E-state index contributed by atoms with van der Waals surface area (Å²) < 4.78 is 15.5. The van der Waals surface area contributed by atoms with E-state index in [-0.39, 0.29) is 16.8 Å². The molecule has 2 atom stereocenters. The lowest BCUT2D eigenvalue weighted by atomic mass is 9.79. The third kappa shape index (κ3) is 3.47. The normalized spacial score (nSPS) is 17.8. The first kappa shape index (κ1) is 21.2. The van der Waals surface area contributed by atoms with Crippen LogP contribution in [-0.2, 0) is 11.8 Å². The number of nitrogens with zero attached hydrogens (tertiary/aromatic N) is 2. The van der Waals surface area contributed by atoms with Crippen molar-refractivity contribution in [3.05, 3.63) is 100 Å². The monoisotopic (exact) mass is 461 g/mol. The first-order valence-corrected chi connectivity index (χ1v) is 10.9. The Labute approximate surface area is 195 Å². The van der Waals surface area contributed by atoms with Crippen LogP contribution in [0, 0.1) is 5.82 Å². The lowest BCUT2D eigenvalue weighted by Crippen LogP contribution is -2.44. The van der Waals surface area contributed by atoms with Crippen LogP contribution < -0.4 is 5.32 Å². The van der Waals surface area contributed by atoms with Gasteiger partial charge in [0.05, 0.1) is 22.7 Å². The van der Waals surface area contributed by atoms with E-state index in [1.807, 2.05) is 54.2 Å². The number of anilines is 1. The molecule has 4 aromatic rings. The molecule has 0 aliphatic carbocycles. The Kier molecular flexibility index (Phi) is 5.17. The Balaban J connectivity index is 1.67. The number of benzene rings is 3. The number of hydrogen-bond donors (Lipinski definition) is 1. The summed E-state index contributed by atoms with van der Waals surface area (Å²) in [6, 6.07) is 18.3. The maximum Gasteiger partial charge on any atom is 0.254 e. The quantitative estimate of drug-likeness (QED) is 0.436. The molecule has 0 spiro atoms. The van der Waals surface area contributed by atoms with Gasteiger partial charge in [-0.3, -0.25) is 9.59 Å². The molecule has 0 radical (unpaired) electrons. The number of halogens is 2. The number of carbonyl (C=O) groups is 2. The highest BCUT2D eigenvalue weighted by molar-refractivity contribution is 6.33. The van der Waals surface area contributed by atoms with E-state index in [9.17, 15) is 14.0 Å². The summed E-state index contributed by atoms with van der Waals surface area (Å²) in [6.45, 7) is 0. The summed E-state index contributed by atoms with van der Waals surface area (Å²) in [7, 11) is 3.66. The number of nitrogens with one attached hydrogen (secondary N) is 1. The fourth-order valence-corrected chi connectivity index (χ4v) is 4.97. The van der Waals surface area contributed by atoms with Gasteiger partial charge in [-0.15, -0.1) is 0 Å². The summed E-state index contributed by atoms with van der Waals surface area (Å²) in [5.74, 6) is -1.66. The van der Waals surface area contributed by atoms with Crippen LogP contribution in [0.5, 0.6) is 0 Å². The van der Waals surface area contributed by atoms with Crippen LogP contribution in [0.3, 0.4) is 0 Å². The molecule has 3 aromatic carbocycles. The van der Waals surface area contributed by atoms with Crippen LogP contribution >= 0.6 is 11.6 Å². The van der Waals surface area contributed by atoms with E-state index in [2.05, 4.69) is 5.32 Å². The minimum absolute atomic E-state index is 0.110. The van der Waals surface area contributed by atoms with E-state index < -0.39 is 17.8 Å². The van der Waals surface area contributed by atoms with Crippen molar-refractivity contribution in [2.45, 2.75) is 12.0 Å². The number of para-hydroxylation sites is 1. The van der Waals surface area contributed by atoms with Crippen molar-refractivity contribution in [1.29, 1.82) is 0 Å². The predicted molar refractivity (Wildman–Crippen MR) is 127 cm³/mol. The second-order valence-electron chi connectivity index (χ2n) is 8.25.